The SMILES string of the molecule is CCCC(=O)N1CCC2(CC1)Nc1ccc(C)c(C)c1-n1cccc12. The lowest BCUT2D eigenvalue weighted by molar-refractivity contribution is -0.132. The van der Waals surface area contributed by atoms with Gasteiger partial charge in [0.05, 0.1) is 16.9 Å². The summed E-state index contributed by atoms with van der Waals surface area (Å²) in [4.78, 5) is 14.3. The Hall–Kier alpha value is -2.23. The van der Waals surface area contributed by atoms with Crippen LogP contribution in [0.15, 0.2) is 30.5 Å². The number of hydrogen-bond donors (Lipinski definition) is 1. The van der Waals surface area contributed by atoms with Gasteiger partial charge < -0.3 is 14.8 Å². The van der Waals surface area contributed by atoms with Crippen LogP contribution < -0.4 is 5.32 Å². The molecule has 0 radical (unpaired) electrons. The van der Waals surface area contributed by atoms with E-state index in [4.69, 9.17) is 0 Å². The highest BCUT2D eigenvalue weighted by Gasteiger charge is 2.42. The number of aromatic nitrogens is 1. The van der Waals surface area contributed by atoms with Crippen LogP contribution >= 0.6 is 0 Å². The molecule has 1 aromatic carbocycles. The first kappa shape index (κ1) is 16.2. The third-order valence-electron chi connectivity index (χ3n) is 5.99. The molecule has 2 aliphatic rings. The Balaban J connectivity index is 1.68. The Morgan fingerprint density at radius 1 is 1.20 bits per heavy atom. The van der Waals surface area contributed by atoms with Crippen molar-refractivity contribution in [1.29, 1.82) is 0 Å². The molecule has 1 N–H and O–H groups in total. The van der Waals surface area contributed by atoms with E-state index in [1.54, 1.807) is 0 Å². The van der Waals surface area contributed by atoms with E-state index in [-0.39, 0.29) is 5.54 Å². The van der Waals surface area contributed by atoms with Gasteiger partial charge in [-0.15, -0.1) is 0 Å². The number of carbonyl (C=O) groups is 1. The maximum atomic E-state index is 12.2. The number of rotatable bonds is 2. The summed E-state index contributed by atoms with van der Waals surface area (Å²) < 4.78 is 2.36. The van der Waals surface area contributed by atoms with E-state index in [1.165, 1.54) is 28.2 Å². The zero-order valence-electron chi connectivity index (χ0n) is 15.4. The smallest absolute Gasteiger partial charge is 0.222 e. The molecule has 132 valence electrons. The van der Waals surface area contributed by atoms with Crippen molar-refractivity contribution >= 4 is 11.6 Å². The lowest BCUT2D eigenvalue weighted by atomic mass is 9.82. The molecule has 1 amide bonds. The molecule has 0 unspecified atom stereocenters. The van der Waals surface area contributed by atoms with Crippen molar-refractivity contribution < 1.29 is 4.79 Å². The van der Waals surface area contributed by atoms with E-state index in [2.05, 4.69) is 61.1 Å². The van der Waals surface area contributed by atoms with Crippen LogP contribution in [-0.2, 0) is 10.3 Å². The maximum Gasteiger partial charge on any atom is 0.222 e. The van der Waals surface area contributed by atoms with Crippen LogP contribution in [0.4, 0.5) is 5.69 Å². The number of nitrogens with one attached hydrogen (secondary N) is 1. The Kier molecular flexibility index (Phi) is 3.86. The van der Waals surface area contributed by atoms with Crippen LogP contribution in [0.25, 0.3) is 5.69 Å². The Morgan fingerprint density at radius 3 is 2.68 bits per heavy atom. The summed E-state index contributed by atoms with van der Waals surface area (Å²) in [5.74, 6) is 0.301. The van der Waals surface area contributed by atoms with Gasteiger partial charge in [0.25, 0.3) is 0 Å². The van der Waals surface area contributed by atoms with Crippen LogP contribution in [0.3, 0.4) is 0 Å². The fourth-order valence-electron chi connectivity index (χ4n) is 4.39. The zero-order chi connectivity index (χ0) is 17.6. The van der Waals surface area contributed by atoms with Gasteiger partial charge in [-0.25, -0.2) is 0 Å². The number of fused-ring (bicyclic) bond motifs is 4. The van der Waals surface area contributed by atoms with Crippen molar-refractivity contribution in [2.24, 2.45) is 0 Å². The number of likely N-dealkylation sites (tertiary alicyclic amines) is 1. The molecule has 3 heterocycles. The average Bonchev–Trinajstić information content (AvgIpc) is 3.10. The molecule has 0 bridgehead atoms. The molecule has 0 saturated carbocycles. The van der Waals surface area contributed by atoms with Crippen molar-refractivity contribution in [2.75, 3.05) is 18.4 Å². The van der Waals surface area contributed by atoms with Crippen molar-refractivity contribution in [3.8, 4) is 5.69 Å². The summed E-state index contributed by atoms with van der Waals surface area (Å²) in [7, 11) is 0. The fourth-order valence-corrected chi connectivity index (χ4v) is 4.39. The molecule has 1 spiro atoms. The van der Waals surface area contributed by atoms with E-state index in [1.807, 2.05) is 4.90 Å². The molecule has 0 atom stereocenters. The quantitative estimate of drug-likeness (QED) is 0.894. The number of carbonyl (C=O) groups excluding carboxylic acids is 1. The second-order valence-corrected chi connectivity index (χ2v) is 7.50. The summed E-state index contributed by atoms with van der Waals surface area (Å²) in [5.41, 5.74) is 6.39. The molecule has 1 fully saturated rings. The average molecular weight is 337 g/mol. The topological polar surface area (TPSA) is 37.3 Å². The minimum Gasteiger partial charge on any atom is -0.372 e. The minimum atomic E-state index is -0.0683. The number of amides is 1. The fraction of sp³-hybridized carbons (Fsp3) is 0.476. The molecule has 2 aliphatic heterocycles. The molecular formula is C21H27N3O. The Morgan fingerprint density at radius 2 is 1.96 bits per heavy atom. The lowest BCUT2D eigenvalue weighted by Gasteiger charge is -2.46. The van der Waals surface area contributed by atoms with Crippen LogP contribution in [0.2, 0.25) is 0 Å². The van der Waals surface area contributed by atoms with E-state index in [0.717, 1.165) is 32.4 Å². The molecule has 4 heteroatoms. The largest absolute Gasteiger partial charge is 0.372 e. The number of piperidine rings is 1. The first-order chi connectivity index (χ1) is 12.1. The second kappa shape index (κ2) is 5.94. The minimum absolute atomic E-state index is 0.0683. The second-order valence-electron chi connectivity index (χ2n) is 7.50. The van der Waals surface area contributed by atoms with Gasteiger partial charge in [-0.1, -0.05) is 13.0 Å². The summed E-state index contributed by atoms with van der Waals surface area (Å²) in [6, 6.07) is 8.78. The summed E-state index contributed by atoms with van der Waals surface area (Å²) in [6.45, 7) is 8.10. The maximum absolute atomic E-state index is 12.2. The van der Waals surface area contributed by atoms with Crippen LogP contribution in [0.5, 0.6) is 0 Å². The molecule has 1 aromatic heterocycles. The molecule has 2 aromatic rings. The van der Waals surface area contributed by atoms with E-state index in [0.29, 0.717) is 12.3 Å². The molecule has 0 aliphatic carbocycles. The molecule has 4 rings (SSSR count). The van der Waals surface area contributed by atoms with Gasteiger partial charge in [0.1, 0.15) is 0 Å². The van der Waals surface area contributed by atoms with Gasteiger partial charge in [0.2, 0.25) is 5.91 Å². The number of benzene rings is 1. The van der Waals surface area contributed by atoms with Gasteiger partial charge in [-0.05, 0) is 62.4 Å². The van der Waals surface area contributed by atoms with Gasteiger partial charge in [-0.3, -0.25) is 4.79 Å². The van der Waals surface area contributed by atoms with Crippen molar-refractivity contribution in [3.05, 3.63) is 47.3 Å². The highest BCUT2D eigenvalue weighted by Crippen LogP contribution is 2.44. The third kappa shape index (κ3) is 2.46. The number of nitrogens with zero attached hydrogens (tertiary/aromatic N) is 2. The number of aryl methyl sites for hydroxylation is 1. The molecule has 4 nitrogen and oxygen atoms in total. The van der Waals surface area contributed by atoms with Gasteiger partial charge in [-0.2, -0.15) is 0 Å². The van der Waals surface area contributed by atoms with Crippen LogP contribution in [-0.4, -0.2) is 28.5 Å². The summed E-state index contributed by atoms with van der Waals surface area (Å²) >= 11 is 0. The predicted octanol–water partition coefficient (Wildman–Crippen LogP) is 4.14. The van der Waals surface area contributed by atoms with E-state index >= 15 is 0 Å². The third-order valence-corrected chi connectivity index (χ3v) is 5.99. The predicted molar refractivity (Wildman–Crippen MR) is 101 cm³/mol. The zero-order valence-corrected chi connectivity index (χ0v) is 15.4. The molecule has 1 saturated heterocycles. The molecular weight excluding hydrogens is 310 g/mol. The van der Waals surface area contributed by atoms with Crippen LogP contribution in [0, 0.1) is 13.8 Å². The van der Waals surface area contributed by atoms with Crippen molar-refractivity contribution in [1.82, 2.24) is 9.47 Å². The van der Waals surface area contributed by atoms with E-state index in [9.17, 15) is 4.79 Å². The number of hydrogen-bond acceptors (Lipinski definition) is 2. The van der Waals surface area contributed by atoms with Gasteiger partial charge in [0, 0.05) is 31.4 Å². The van der Waals surface area contributed by atoms with Crippen molar-refractivity contribution in [2.45, 2.75) is 52.0 Å². The Bertz CT molecular complexity index is 813. The van der Waals surface area contributed by atoms with Gasteiger partial charge >= 0.3 is 0 Å². The number of anilines is 1. The van der Waals surface area contributed by atoms with E-state index < -0.39 is 0 Å². The van der Waals surface area contributed by atoms with Crippen LogP contribution in [0.1, 0.15) is 49.4 Å². The van der Waals surface area contributed by atoms with Crippen molar-refractivity contribution in [3.63, 3.8) is 0 Å². The highest BCUT2D eigenvalue weighted by molar-refractivity contribution is 5.76. The standard InChI is InChI=1S/C21H27N3O/c1-4-6-19(25)23-13-10-21(11-14-23)18-7-5-12-24(18)20-16(3)15(2)8-9-17(20)22-21/h5,7-9,12,22H,4,6,10-11,13-14H2,1-3H3. The highest BCUT2D eigenvalue weighted by atomic mass is 16.2. The first-order valence-corrected chi connectivity index (χ1v) is 9.40. The lowest BCUT2D eigenvalue weighted by Crippen LogP contribution is -2.51. The summed E-state index contributed by atoms with van der Waals surface area (Å²) in [6.07, 6.45) is 5.68. The monoisotopic (exact) mass is 337 g/mol. The first-order valence-electron chi connectivity index (χ1n) is 9.40. The van der Waals surface area contributed by atoms with Gasteiger partial charge in [0.15, 0.2) is 0 Å². The normalized spacial score (nSPS) is 17.8. The molecule has 25 heavy (non-hydrogen) atoms. The Labute approximate surface area is 149 Å². The summed E-state index contributed by atoms with van der Waals surface area (Å²) in [5, 5.41) is 3.86.